The summed E-state index contributed by atoms with van der Waals surface area (Å²) in [5.41, 5.74) is 3.51. The molecule has 1 N–H and O–H groups in total. The second-order valence-corrected chi connectivity index (χ2v) is 4.50. The van der Waals surface area contributed by atoms with Gasteiger partial charge in [0.2, 0.25) is 5.91 Å². The Balaban J connectivity index is 2.38. The van der Waals surface area contributed by atoms with E-state index in [4.69, 9.17) is 0 Å². The zero-order chi connectivity index (χ0) is 11.5. The van der Waals surface area contributed by atoms with E-state index in [-0.39, 0.29) is 5.91 Å². The van der Waals surface area contributed by atoms with E-state index in [0.717, 1.165) is 12.1 Å². The van der Waals surface area contributed by atoms with E-state index >= 15 is 0 Å². The highest BCUT2D eigenvalue weighted by molar-refractivity contribution is 5.80. The van der Waals surface area contributed by atoms with Gasteiger partial charge in [0.15, 0.2) is 0 Å². The molecule has 1 heterocycles. The van der Waals surface area contributed by atoms with Crippen LogP contribution in [0.15, 0.2) is 47.2 Å². The lowest BCUT2D eigenvalue weighted by Gasteiger charge is -2.19. The van der Waals surface area contributed by atoms with Gasteiger partial charge in [-0.05, 0) is 29.6 Å². The maximum Gasteiger partial charge on any atom is 0.224 e. The van der Waals surface area contributed by atoms with Crippen molar-refractivity contribution < 1.29 is 4.79 Å². The standard InChI is InChI=1S/C14H17NO/c1-10(2)11-5-3-4-6-13-12(9-11)7-8-14(16)15-13/h3-6,9-10H,7-8H2,1-2H3,(H,15,16)/b4-3?,5-3?,6-4+,11-5?,11-9?,12-9?,13-6?. The van der Waals surface area contributed by atoms with Gasteiger partial charge in [-0.15, -0.1) is 0 Å². The predicted octanol–water partition coefficient (Wildman–Crippen LogP) is 2.86. The van der Waals surface area contributed by atoms with Crippen molar-refractivity contribution in [3.63, 3.8) is 0 Å². The number of amides is 1. The average molecular weight is 215 g/mol. The maximum absolute atomic E-state index is 11.3. The predicted molar refractivity (Wildman–Crippen MR) is 65.6 cm³/mol. The van der Waals surface area contributed by atoms with Gasteiger partial charge >= 0.3 is 0 Å². The second-order valence-electron chi connectivity index (χ2n) is 4.50. The monoisotopic (exact) mass is 215 g/mol. The molecule has 16 heavy (non-hydrogen) atoms. The summed E-state index contributed by atoms with van der Waals surface area (Å²) in [7, 11) is 0. The zero-order valence-corrected chi connectivity index (χ0v) is 9.79. The summed E-state index contributed by atoms with van der Waals surface area (Å²) in [6, 6.07) is 0. The SMILES string of the molecule is CC(C)C1=CC2=C(/C=C/C=C1)NC(=O)CC2. The van der Waals surface area contributed by atoms with Crippen LogP contribution >= 0.6 is 0 Å². The highest BCUT2D eigenvalue weighted by Gasteiger charge is 2.15. The molecule has 0 saturated heterocycles. The third kappa shape index (κ3) is 2.32. The van der Waals surface area contributed by atoms with E-state index in [1.165, 1.54) is 11.1 Å². The quantitative estimate of drug-likeness (QED) is 0.716. The first-order chi connectivity index (χ1) is 7.66. The van der Waals surface area contributed by atoms with Gasteiger partial charge in [0.05, 0.1) is 0 Å². The van der Waals surface area contributed by atoms with Crippen LogP contribution in [0.1, 0.15) is 26.7 Å². The van der Waals surface area contributed by atoms with Gasteiger partial charge in [0, 0.05) is 12.1 Å². The molecule has 0 unspecified atom stereocenters. The molecule has 1 amide bonds. The molecule has 0 aromatic heterocycles. The van der Waals surface area contributed by atoms with Crippen LogP contribution < -0.4 is 5.32 Å². The van der Waals surface area contributed by atoms with Crippen molar-refractivity contribution >= 4 is 5.91 Å². The molecule has 0 saturated carbocycles. The molecule has 2 nitrogen and oxygen atoms in total. The van der Waals surface area contributed by atoms with Crippen LogP contribution in [0, 0.1) is 5.92 Å². The highest BCUT2D eigenvalue weighted by Crippen LogP contribution is 2.23. The first-order valence-corrected chi connectivity index (χ1v) is 5.76. The molecule has 84 valence electrons. The Morgan fingerprint density at radius 2 is 1.94 bits per heavy atom. The molecule has 2 rings (SSSR count). The van der Waals surface area contributed by atoms with Crippen LogP contribution in [0.5, 0.6) is 0 Å². The maximum atomic E-state index is 11.3. The first-order valence-electron chi connectivity index (χ1n) is 5.76. The fraction of sp³-hybridized carbons (Fsp3) is 0.357. The van der Waals surface area contributed by atoms with Crippen LogP contribution in [-0.4, -0.2) is 5.91 Å². The summed E-state index contributed by atoms with van der Waals surface area (Å²) >= 11 is 0. The minimum Gasteiger partial charge on any atom is -0.326 e. The number of carbonyl (C=O) groups excluding carboxylic acids is 1. The number of hydrogen-bond donors (Lipinski definition) is 1. The third-order valence-corrected chi connectivity index (χ3v) is 2.91. The molecule has 0 radical (unpaired) electrons. The molecular weight excluding hydrogens is 198 g/mol. The van der Waals surface area contributed by atoms with Crippen molar-refractivity contribution in [2.45, 2.75) is 26.7 Å². The summed E-state index contributed by atoms with van der Waals surface area (Å²) in [6.07, 6.45) is 11.8. The van der Waals surface area contributed by atoms with Crippen molar-refractivity contribution in [1.82, 2.24) is 5.32 Å². The van der Waals surface area contributed by atoms with Gasteiger partial charge in [-0.25, -0.2) is 0 Å². The fourth-order valence-electron chi connectivity index (χ4n) is 1.90. The summed E-state index contributed by atoms with van der Waals surface area (Å²) in [6.45, 7) is 4.37. The molecule has 1 aliphatic heterocycles. The molecule has 1 aliphatic carbocycles. The lowest BCUT2D eigenvalue weighted by atomic mass is 9.94. The molecule has 0 aromatic rings. The molecule has 0 fully saturated rings. The summed E-state index contributed by atoms with van der Waals surface area (Å²) in [5, 5.41) is 2.92. The van der Waals surface area contributed by atoms with E-state index in [1.54, 1.807) is 0 Å². The van der Waals surface area contributed by atoms with Gasteiger partial charge in [0.25, 0.3) is 0 Å². The van der Waals surface area contributed by atoms with Crippen LogP contribution in [0.2, 0.25) is 0 Å². The summed E-state index contributed by atoms with van der Waals surface area (Å²) in [5.74, 6) is 0.626. The van der Waals surface area contributed by atoms with Crippen LogP contribution in [-0.2, 0) is 4.79 Å². The lowest BCUT2D eigenvalue weighted by molar-refractivity contribution is -0.120. The van der Waals surface area contributed by atoms with Crippen molar-refractivity contribution in [2.75, 3.05) is 0 Å². The number of nitrogens with one attached hydrogen (secondary N) is 1. The Bertz CT molecular complexity index is 422. The van der Waals surface area contributed by atoms with Crippen LogP contribution in [0.3, 0.4) is 0 Å². The zero-order valence-electron chi connectivity index (χ0n) is 9.79. The topological polar surface area (TPSA) is 29.1 Å². The molecule has 0 atom stereocenters. The molecular formula is C14H17NO. The molecule has 2 heteroatoms. The lowest BCUT2D eigenvalue weighted by Crippen LogP contribution is -2.27. The van der Waals surface area contributed by atoms with Gasteiger partial charge in [-0.2, -0.15) is 0 Å². The van der Waals surface area contributed by atoms with Crippen molar-refractivity contribution in [1.29, 1.82) is 0 Å². The second kappa shape index (κ2) is 4.52. The van der Waals surface area contributed by atoms with E-state index < -0.39 is 0 Å². The Labute approximate surface area is 96.4 Å². The Kier molecular flexibility index (Phi) is 3.09. The average Bonchev–Trinajstić information content (AvgIpc) is 2.20. The summed E-state index contributed by atoms with van der Waals surface area (Å²) < 4.78 is 0. The van der Waals surface area contributed by atoms with E-state index in [0.29, 0.717) is 12.3 Å². The number of allylic oxidation sites excluding steroid dienone is 7. The van der Waals surface area contributed by atoms with E-state index in [2.05, 4.69) is 31.3 Å². The van der Waals surface area contributed by atoms with Gasteiger partial charge < -0.3 is 5.32 Å². The first kappa shape index (κ1) is 10.9. The molecule has 2 aliphatic rings. The third-order valence-electron chi connectivity index (χ3n) is 2.91. The number of rotatable bonds is 1. The largest absolute Gasteiger partial charge is 0.326 e. The van der Waals surface area contributed by atoms with E-state index in [1.807, 2.05) is 18.2 Å². The molecule has 0 aromatic carbocycles. The Morgan fingerprint density at radius 1 is 1.19 bits per heavy atom. The Hall–Kier alpha value is -1.57. The summed E-state index contributed by atoms with van der Waals surface area (Å²) in [4.78, 5) is 11.3. The van der Waals surface area contributed by atoms with Gasteiger partial charge in [0.1, 0.15) is 0 Å². The van der Waals surface area contributed by atoms with Gasteiger partial charge in [-0.3, -0.25) is 4.79 Å². The number of carbonyl (C=O) groups is 1. The van der Waals surface area contributed by atoms with Crippen LogP contribution in [0.4, 0.5) is 0 Å². The molecule has 0 bridgehead atoms. The minimum atomic E-state index is 0.118. The smallest absolute Gasteiger partial charge is 0.224 e. The van der Waals surface area contributed by atoms with Crippen molar-refractivity contribution in [2.24, 2.45) is 5.92 Å². The normalized spacial score (nSPS) is 22.2. The fourth-order valence-corrected chi connectivity index (χ4v) is 1.90. The van der Waals surface area contributed by atoms with E-state index in [9.17, 15) is 4.79 Å². The Morgan fingerprint density at radius 3 is 2.69 bits per heavy atom. The van der Waals surface area contributed by atoms with Crippen LogP contribution in [0.25, 0.3) is 0 Å². The van der Waals surface area contributed by atoms with Gasteiger partial charge in [-0.1, -0.05) is 38.2 Å². The molecule has 0 spiro atoms. The van der Waals surface area contributed by atoms with Crippen molar-refractivity contribution in [3.8, 4) is 0 Å². The number of hydrogen-bond acceptors (Lipinski definition) is 1. The minimum absolute atomic E-state index is 0.118. The highest BCUT2D eigenvalue weighted by atomic mass is 16.1. The van der Waals surface area contributed by atoms with Crippen molar-refractivity contribution in [3.05, 3.63) is 47.2 Å².